The summed E-state index contributed by atoms with van der Waals surface area (Å²) in [6.45, 7) is 0. The van der Waals surface area contributed by atoms with Crippen LogP contribution in [0, 0.1) is 5.92 Å². The molecule has 1 aromatic carbocycles. The lowest BCUT2D eigenvalue weighted by Gasteiger charge is -2.15. The van der Waals surface area contributed by atoms with E-state index in [1.165, 1.54) is 0 Å². The molecule has 1 N–H and O–H groups in total. The molecule has 1 aliphatic rings. The third-order valence-electron chi connectivity index (χ3n) is 3.22. The van der Waals surface area contributed by atoms with Crippen molar-refractivity contribution >= 4 is 9.84 Å². The van der Waals surface area contributed by atoms with Crippen molar-refractivity contribution in [2.75, 3.05) is 12.8 Å². The maximum atomic E-state index is 12.1. The monoisotopic (exact) mass is 253 g/mol. The Morgan fingerprint density at radius 3 is 2.47 bits per heavy atom. The molecule has 3 nitrogen and oxygen atoms in total. The molecule has 2 rings (SSSR count). The highest BCUT2D eigenvalue weighted by Gasteiger charge is 2.33. The first-order chi connectivity index (χ1) is 8.11. The zero-order valence-electron chi connectivity index (χ0n) is 10.1. The second kappa shape index (κ2) is 5.19. The Morgan fingerprint density at radius 1 is 1.29 bits per heavy atom. The Balaban J connectivity index is 1.98. The summed E-state index contributed by atoms with van der Waals surface area (Å²) in [6.07, 6.45) is 2.32. The van der Waals surface area contributed by atoms with Crippen LogP contribution in [0.3, 0.4) is 0 Å². The van der Waals surface area contributed by atoms with Crippen LogP contribution in [0.15, 0.2) is 30.3 Å². The van der Waals surface area contributed by atoms with E-state index in [-0.39, 0.29) is 17.5 Å². The van der Waals surface area contributed by atoms with Crippen molar-refractivity contribution < 1.29 is 8.42 Å². The molecule has 17 heavy (non-hydrogen) atoms. The van der Waals surface area contributed by atoms with Gasteiger partial charge in [-0.15, -0.1) is 0 Å². The molecule has 0 amide bonds. The topological polar surface area (TPSA) is 46.2 Å². The van der Waals surface area contributed by atoms with Crippen molar-refractivity contribution in [3.05, 3.63) is 35.9 Å². The average Bonchev–Trinajstić information content (AvgIpc) is 3.10. The molecule has 94 valence electrons. The van der Waals surface area contributed by atoms with E-state index in [0.29, 0.717) is 5.92 Å². The molecule has 0 radical (unpaired) electrons. The molecule has 1 aromatic rings. The summed E-state index contributed by atoms with van der Waals surface area (Å²) in [5.41, 5.74) is 0.873. The number of nitrogens with one attached hydrogen (secondary N) is 1. The predicted octanol–water partition coefficient (Wildman–Crippen LogP) is 1.60. The first-order valence-electron chi connectivity index (χ1n) is 6.02. The fraction of sp³-hybridized carbons (Fsp3) is 0.538. The van der Waals surface area contributed by atoms with Gasteiger partial charge in [-0.25, -0.2) is 8.42 Å². The molecule has 1 saturated carbocycles. The van der Waals surface area contributed by atoms with Crippen molar-refractivity contribution in [3.8, 4) is 0 Å². The summed E-state index contributed by atoms with van der Waals surface area (Å²) in [7, 11) is -1.17. The maximum absolute atomic E-state index is 12.1. The second-order valence-corrected chi connectivity index (χ2v) is 6.88. The molecule has 1 unspecified atom stereocenters. The van der Waals surface area contributed by atoms with Gasteiger partial charge in [0.05, 0.1) is 11.5 Å². The SMILES string of the molecule is CNC(CS(=O)(=O)Cc1ccccc1)C1CC1. The van der Waals surface area contributed by atoms with Gasteiger partial charge >= 0.3 is 0 Å². The summed E-state index contributed by atoms with van der Waals surface area (Å²) < 4.78 is 24.1. The molecule has 0 saturated heterocycles. The third kappa shape index (κ3) is 3.82. The van der Waals surface area contributed by atoms with E-state index in [4.69, 9.17) is 0 Å². The first kappa shape index (κ1) is 12.6. The molecular weight excluding hydrogens is 234 g/mol. The van der Waals surface area contributed by atoms with Crippen LogP contribution in [0.4, 0.5) is 0 Å². The lowest BCUT2D eigenvalue weighted by molar-refractivity contribution is 0.527. The fourth-order valence-electron chi connectivity index (χ4n) is 2.11. The standard InChI is InChI=1S/C13H19NO2S/c1-14-13(12-7-8-12)10-17(15,16)9-11-5-3-2-4-6-11/h2-6,12-14H,7-10H2,1H3. The van der Waals surface area contributed by atoms with Crippen LogP contribution in [-0.2, 0) is 15.6 Å². The van der Waals surface area contributed by atoms with Crippen LogP contribution in [0.1, 0.15) is 18.4 Å². The van der Waals surface area contributed by atoms with E-state index in [9.17, 15) is 8.42 Å². The van der Waals surface area contributed by atoms with Gasteiger partial charge in [0.15, 0.2) is 9.84 Å². The third-order valence-corrected chi connectivity index (χ3v) is 4.86. The van der Waals surface area contributed by atoms with E-state index in [2.05, 4.69) is 5.32 Å². The summed E-state index contributed by atoms with van der Waals surface area (Å²) in [6, 6.07) is 9.51. The Labute approximate surface area is 103 Å². The average molecular weight is 253 g/mol. The molecule has 1 aliphatic carbocycles. The Kier molecular flexibility index (Phi) is 3.84. The van der Waals surface area contributed by atoms with Crippen LogP contribution in [0.5, 0.6) is 0 Å². The van der Waals surface area contributed by atoms with Gasteiger partial charge in [0.25, 0.3) is 0 Å². The van der Waals surface area contributed by atoms with E-state index in [1.54, 1.807) is 0 Å². The van der Waals surface area contributed by atoms with Crippen LogP contribution < -0.4 is 5.32 Å². The van der Waals surface area contributed by atoms with Crippen LogP contribution >= 0.6 is 0 Å². The number of rotatable bonds is 6. The van der Waals surface area contributed by atoms with E-state index < -0.39 is 9.84 Å². The zero-order valence-corrected chi connectivity index (χ0v) is 10.9. The zero-order chi connectivity index (χ0) is 12.3. The lowest BCUT2D eigenvalue weighted by atomic mass is 10.2. The van der Waals surface area contributed by atoms with Gasteiger partial charge in [0, 0.05) is 6.04 Å². The highest BCUT2D eigenvalue weighted by Crippen LogP contribution is 2.33. The summed E-state index contributed by atoms with van der Waals surface area (Å²) in [5.74, 6) is 0.965. The maximum Gasteiger partial charge on any atom is 0.155 e. The normalized spacial score (nSPS) is 17.9. The molecule has 0 aromatic heterocycles. The van der Waals surface area contributed by atoms with Crippen LogP contribution in [-0.4, -0.2) is 27.3 Å². The highest BCUT2D eigenvalue weighted by molar-refractivity contribution is 7.90. The largest absolute Gasteiger partial charge is 0.316 e. The van der Waals surface area contributed by atoms with Crippen molar-refractivity contribution in [2.45, 2.75) is 24.6 Å². The Hall–Kier alpha value is -0.870. The minimum Gasteiger partial charge on any atom is -0.316 e. The van der Waals surface area contributed by atoms with Crippen molar-refractivity contribution in [3.63, 3.8) is 0 Å². The smallest absolute Gasteiger partial charge is 0.155 e. The van der Waals surface area contributed by atoms with Gasteiger partial charge in [0.1, 0.15) is 0 Å². The van der Waals surface area contributed by atoms with Gasteiger partial charge < -0.3 is 5.32 Å². The van der Waals surface area contributed by atoms with Gasteiger partial charge in [-0.05, 0) is 31.4 Å². The molecule has 0 heterocycles. The van der Waals surface area contributed by atoms with Gasteiger partial charge in [-0.3, -0.25) is 0 Å². The summed E-state index contributed by atoms with van der Waals surface area (Å²) in [5, 5.41) is 3.13. The van der Waals surface area contributed by atoms with Gasteiger partial charge in [-0.2, -0.15) is 0 Å². The summed E-state index contributed by atoms with van der Waals surface area (Å²) in [4.78, 5) is 0. The molecule has 1 fully saturated rings. The molecule has 4 heteroatoms. The second-order valence-electron chi connectivity index (χ2n) is 4.77. The van der Waals surface area contributed by atoms with E-state index in [1.807, 2.05) is 37.4 Å². The predicted molar refractivity (Wildman–Crippen MR) is 69.5 cm³/mol. The minimum atomic E-state index is -3.01. The molecular formula is C13H19NO2S. The first-order valence-corrected chi connectivity index (χ1v) is 7.84. The quantitative estimate of drug-likeness (QED) is 0.837. The molecule has 0 aliphatic heterocycles. The molecule has 0 bridgehead atoms. The Morgan fingerprint density at radius 2 is 1.94 bits per heavy atom. The fourth-order valence-corrected chi connectivity index (χ4v) is 3.92. The summed E-state index contributed by atoms with van der Waals surface area (Å²) >= 11 is 0. The Bertz CT molecular complexity index is 452. The van der Waals surface area contributed by atoms with E-state index >= 15 is 0 Å². The van der Waals surface area contributed by atoms with Crippen LogP contribution in [0.2, 0.25) is 0 Å². The molecule has 1 atom stereocenters. The van der Waals surface area contributed by atoms with Crippen molar-refractivity contribution in [2.24, 2.45) is 5.92 Å². The van der Waals surface area contributed by atoms with Gasteiger partial charge in [-0.1, -0.05) is 30.3 Å². The number of benzene rings is 1. The lowest BCUT2D eigenvalue weighted by Crippen LogP contribution is -2.35. The number of sulfone groups is 1. The van der Waals surface area contributed by atoms with Gasteiger partial charge in [0.2, 0.25) is 0 Å². The minimum absolute atomic E-state index is 0.128. The molecule has 0 spiro atoms. The number of hydrogen-bond donors (Lipinski definition) is 1. The van der Waals surface area contributed by atoms with Crippen molar-refractivity contribution in [1.82, 2.24) is 5.32 Å². The highest BCUT2D eigenvalue weighted by atomic mass is 32.2. The van der Waals surface area contributed by atoms with Crippen molar-refractivity contribution in [1.29, 1.82) is 0 Å². The van der Waals surface area contributed by atoms with E-state index in [0.717, 1.165) is 18.4 Å². The van der Waals surface area contributed by atoms with Crippen LogP contribution in [0.25, 0.3) is 0 Å². The number of hydrogen-bond acceptors (Lipinski definition) is 3.